The molecule has 0 aliphatic rings. The minimum absolute atomic E-state index is 0.0379. The molecule has 0 aliphatic carbocycles. The summed E-state index contributed by atoms with van der Waals surface area (Å²) < 4.78 is 5.20. The summed E-state index contributed by atoms with van der Waals surface area (Å²) >= 11 is 5.88. The van der Waals surface area contributed by atoms with E-state index in [1.807, 2.05) is 6.07 Å². The number of non-ortho nitro benzene ring substituents is 1. The molecule has 0 aromatic heterocycles. The van der Waals surface area contributed by atoms with Crippen molar-refractivity contribution in [1.82, 2.24) is 0 Å². The molecule has 0 unspecified atom stereocenters. The van der Waals surface area contributed by atoms with Crippen LogP contribution in [0.3, 0.4) is 0 Å². The monoisotopic (exact) mass is 291 g/mol. The highest BCUT2D eigenvalue weighted by atomic mass is 35.5. The zero-order chi connectivity index (χ0) is 14.7. The minimum Gasteiger partial charge on any atom is -0.423 e. The van der Waals surface area contributed by atoms with E-state index in [0.29, 0.717) is 5.75 Å². The summed E-state index contributed by atoms with van der Waals surface area (Å²) in [6.07, 6.45) is 0. The van der Waals surface area contributed by atoms with Gasteiger partial charge in [0.05, 0.1) is 15.5 Å². The number of halogens is 1. The van der Waals surface area contributed by atoms with E-state index >= 15 is 0 Å². The van der Waals surface area contributed by atoms with Crippen molar-refractivity contribution in [3.63, 3.8) is 0 Å². The number of nitrogens with zero attached hydrogens (tertiary/aromatic N) is 1. The normalized spacial score (nSPS) is 10.1. The van der Waals surface area contributed by atoms with Gasteiger partial charge in [-0.05, 0) is 24.6 Å². The summed E-state index contributed by atoms with van der Waals surface area (Å²) in [5.74, 6) is -0.340. The van der Waals surface area contributed by atoms with Crippen LogP contribution in [0.25, 0.3) is 0 Å². The molecular weight excluding hydrogens is 282 g/mol. The van der Waals surface area contributed by atoms with Crippen molar-refractivity contribution < 1.29 is 14.5 Å². The third-order valence-corrected chi connectivity index (χ3v) is 3.01. The standard InChI is InChI=1S/C14H10ClNO4/c1-9-4-2-3-5-13(9)20-14(17)11-8-10(16(18)19)6-7-12(11)15/h2-8H,1H3. The summed E-state index contributed by atoms with van der Waals surface area (Å²) in [4.78, 5) is 22.1. The van der Waals surface area contributed by atoms with Crippen molar-refractivity contribution >= 4 is 23.3 Å². The van der Waals surface area contributed by atoms with Crippen LogP contribution in [0.15, 0.2) is 42.5 Å². The van der Waals surface area contributed by atoms with Gasteiger partial charge in [-0.15, -0.1) is 0 Å². The number of nitro benzene ring substituents is 1. The fourth-order valence-corrected chi connectivity index (χ4v) is 1.80. The van der Waals surface area contributed by atoms with Gasteiger partial charge in [0.2, 0.25) is 0 Å². The van der Waals surface area contributed by atoms with Crippen LogP contribution in [-0.2, 0) is 0 Å². The molecule has 5 nitrogen and oxygen atoms in total. The Kier molecular flexibility index (Phi) is 4.00. The first-order chi connectivity index (χ1) is 9.49. The minimum atomic E-state index is -0.729. The lowest BCUT2D eigenvalue weighted by molar-refractivity contribution is -0.384. The van der Waals surface area contributed by atoms with Gasteiger partial charge in [-0.2, -0.15) is 0 Å². The van der Waals surface area contributed by atoms with Crippen LogP contribution in [0, 0.1) is 17.0 Å². The van der Waals surface area contributed by atoms with Crippen LogP contribution in [0.5, 0.6) is 5.75 Å². The summed E-state index contributed by atoms with van der Waals surface area (Å²) in [7, 11) is 0. The number of benzene rings is 2. The quantitative estimate of drug-likeness (QED) is 0.373. The molecule has 2 aromatic carbocycles. The molecule has 0 radical (unpaired) electrons. The number of hydrogen-bond donors (Lipinski definition) is 0. The van der Waals surface area contributed by atoms with Crippen LogP contribution < -0.4 is 4.74 Å². The van der Waals surface area contributed by atoms with E-state index in [4.69, 9.17) is 16.3 Å². The van der Waals surface area contributed by atoms with Crippen LogP contribution in [0.4, 0.5) is 5.69 Å². The molecule has 0 saturated carbocycles. The van der Waals surface area contributed by atoms with E-state index in [0.717, 1.165) is 11.6 Å². The molecular formula is C14H10ClNO4. The highest BCUT2D eigenvalue weighted by molar-refractivity contribution is 6.33. The molecule has 6 heteroatoms. The van der Waals surface area contributed by atoms with Crippen molar-refractivity contribution in [3.05, 3.63) is 68.7 Å². The lowest BCUT2D eigenvalue weighted by Crippen LogP contribution is -2.10. The van der Waals surface area contributed by atoms with Gasteiger partial charge in [-0.25, -0.2) is 4.79 Å². The zero-order valence-corrected chi connectivity index (χ0v) is 11.3. The number of esters is 1. The molecule has 20 heavy (non-hydrogen) atoms. The van der Waals surface area contributed by atoms with Crippen molar-refractivity contribution in [2.24, 2.45) is 0 Å². The van der Waals surface area contributed by atoms with Crippen LogP contribution >= 0.6 is 11.6 Å². The molecule has 0 spiro atoms. The van der Waals surface area contributed by atoms with Crippen molar-refractivity contribution in [2.45, 2.75) is 6.92 Å². The van der Waals surface area contributed by atoms with Gasteiger partial charge in [-0.1, -0.05) is 29.8 Å². The fourth-order valence-electron chi connectivity index (χ4n) is 1.61. The average Bonchev–Trinajstić information content (AvgIpc) is 2.41. The maximum atomic E-state index is 12.0. The SMILES string of the molecule is Cc1ccccc1OC(=O)c1cc([N+](=O)[O-])ccc1Cl. The summed E-state index contributed by atoms with van der Waals surface area (Å²) in [6.45, 7) is 1.79. The molecule has 0 saturated heterocycles. The van der Waals surface area contributed by atoms with Crippen LogP contribution in [-0.4, -0.2) is 10.9 Å². The number of para-hydroxylation sites is 1. The predicted molar refractivity (Wildman–Crippen MR) is 74.2 cm³/mol. The maximum Gasteiger partial charge on any atom is 0.345 e. The zero-order valence-electron chi connectivity index (χ0n) is 10.5. The van der Waals surface area contributed by atoms with Gasteiger partial charge in [0, 0.05) is 12.1 Å². The second-order valence-corrected chi connectivity index (χ2v) is 4.48. The van der Waals surface area contributed by atoms with Gasteiger partial charge >= 0.3 is 5.97 Å². The highest BCUT2D eigenvalue weighted by Crippen LogP contribution is 2.24. The molecule has 0 bridgehead atoms. The highest BCUT2D eigenvalue weighted by Gasteiger charge is 2.18. The van der Waals surface area contributed by atoms with Gasteiger partial charge in [0.1, 0.15) is 5.75 Å². The van der Waals surface area contributed by atoms with Crippen LogP contribution in [0.1, 0.15) is 15.9 Å². The van der Waals surface area contributed by atoms with Crippen molar-refractivity contribution in [3.8, 4) is 5.75 Å². The Morgan fingerprint density at radius 2 is 1.95 bits per heavy atom. The number of aryl methyl sites for hydroxylation is 1. The molecule has 0 heterocycles. The van der Waals surface area contributed by atoms with E-state index in [1.165, 1.54) is 12.1 Å². The molecule has 2 aromatic rings. The van der Waals surface area contributed by atoms with Crippen molar-refractivity contribution in [1.29, 1.82) is 0 Å². The Labute approximate surface area is 119 Å². The smallest absolute Gasteiger partial charge is 0.345 e. The average molecular weight is 292 g/mol. The number of hydrogen-bond acceptors (Lipinski definition) is 4. The van der Waals surface area contributed by atoms with E-state index in [1.54, 1.807) is 25.1 Å². The maximum absolute atomic E-state index is 12.0. The summed E-state index contributed by atoms with van der Waals surface area (Å²) in [5, 5.41) is 10.8. The first kappa shape index (κ1) is 14.0. The molecule has 0 atom stereocenters. The lowest BCUT2D eigenvalue weighted by atomic mass is 10.2. The Bertz CT molecular complexity index is 685. The van der Waals surface area contributed by atoms with Gasteiger partial charge in [0.15, 0.2) is 0 Å². The molecule has 0 aliphatic heterocycles. The first-order valence-corrected chi connectivity index (χ1v) is 6.08. The third-order valence-electron chi connectivity index (χ3n) is 2.68. The Morgan fingerprint density at radius 3 is 2.60 bits per heavy atom. The lowest BCUT2D eigenvalue weighted by Gasteiger charge is -2.07. The predicted octanol–water partition coefficient (Wildman–Crippen LogP) is 3.78. The fraction of sp³-hybridized carbons (Fsp3) is 0.0714. The Morgan fingerprint density at radius 1 is 1.25 bits per heavy atom. The number of carbonyl (C=O) groups is 1. The van der Waals surface area contributed by atoms with Crippen molar-refractivity contribution in [2.75, 3.05) is 0 Å². The van der Waals surface area contributed by atoms with Gasteiger partial charge in [0.25, 0.3) is 5.69 Å². The molecule has 0 amide bonds. The summed E-state index contributed by atoms with van der Waals surface area (Å²) in [5.41, 5.74) is 0.526. The number of rotatable bonds is 3. The molecule has 0 N–H and O–H groups in total. The Balaban J connectivity index is 2.32. The van der Waals surface area contributed by atoms with Gasteiger partial charge in [-0.3, -0.25) is 10.1 Å². The topological polar surface area (TPSA) is 69.4 Å². The Hall–Kier alpha value is -2.40. The van der Waals surface area contributed by atoms with E-state index < -0.39 is 10.9 Å². The third kappa shape index (κ3) is 2.95. The summed E-state index contributed by atoms with van der Waals surface area (Å²) in [6, 6.07) is 10.6. The number of ether oxygens (including phenoxy) is 1. The molecule has 0 fully saturated rings. The van der Waals surface area contributed by atoms with E-state index in [9.17, 15) is 14.9 Å². The largest absolute Gasteiger partial charge is 0.423 e. The second-order valence-electron chi connectivity index (χ2n) is 4.08. The first-order valence-electron chi connectivity index (χ1n) is 5.71. The molecule has 2 rings (SSSR count). The van der Waals surface area contributed by atoms with Crippen LogP contribution in [0.2, 0.25) is 5.02 Å². The number of carbonyl (C=O) groups excluding carboxylic acids is 1. The van der Waals surface area contributed by atoms with E-state index in [2.05, 4.69) is 0 Å². The number of nitro groups is 1. The second kappa shape index (κ2) is 5.71. The van der Waals surface area contributed by atoms with E-state index in [-0.39, 0.29) is 16.3 Å². The van der Waals surface area contributed by atoms with Gasteiger partial charge < -0.3 is 4.74 Å². The molecule has 102 valence electrons.